The van der Waals surface area contributed by atoms with E-state index >= 15 is 0 Å². The lowest BCUT2D eigenvalue weighted by atomic mass is 10.8. The number of rotatable bonds is 0. The number of nitrogens with zero attached hydrogens (tertiary/aromatic N) is 2. The first-order valence-corrected chi connectivity index (χ1v) is 1.77. The fourth-order valence-corrected chi connectivity index (χ4v) is 0.323. The van der Waals surface area contributed by atoms with Crippen LogP contribution in [0.25, 0.3) is 0 Å². The number of hydrogen-bond donors (Lipinski definition) is 1. The van der Waals surface area contributed by atoms with Crippen LogP contribution in [0.1, 0.15) is 0 Å². The van der Waals surface area contributed by atoms with Gasteiger partial charge in [0.2, 0.25) is 6.20 Å². The molecule has 0 aromatic carbocycles. The van der Waals surface area contributed by atoms with Crippen LogP contribution in [-0.4, -0.2) is 10.1 Å². The van der Waals surface area contributed by atoms with Crippen molar-refractivity contribution in [3.05, 3.63) is 23.7 Å². The van der Waals surface area contributed by atoms with Crippen LogP contribution in [-0.2, 0) is 0 Å². The molecule has 0 fully saturated rings. The van der Waals surface area contributed by atoms with Crippen molar-refractivity contribution in [3.8, 4) is 0 Å². The Bertz CT molecular complexity index is 143. The molecule has 0 unspecified atom stereocenters. The molecule has 0 aliphatic rings. The van der Waals surface area contributed by atoms with E-state index in [4.69, 9.17) is 5.21 Å². The molecule has 7 heavy (non-hydrogen) atoms. The Labute approximate surface area is 39.7 Å². The maximum atomic E-state index is 10.0. The van der Waals surface area contributed by atoms with E-state index in [9.17, 15) is 5.21 Å². The van der Waals surface area contributed by atoms with Gasteiger partial charge in [-0.25, -0.2) is 0 Å². The lowest BCUT2D eigenvalue weighted by molar-refractivity contribution is -0.725. The lowest BCUT2D eigenvalue weighted by Gasteiger charge is -1.88. The molecule has 0 saturated carbocycles. The Morgan fingerprint density at radius 1 is 1.71 bits per heavy atom. The van der Waals surface area contributed by atoms with Gasteiger partial charge in [-0.05, 0) is 4.85 Å². The summed E-state index contributed by atoms with van der Waals surface area (Å²) in [5.74, 6) is 0. The molecule has 0 bridgehead atoms. The Balaban J connectivity index is 3.12. The van der Waals surface area contributed by atoms with Crippen LogP contribution < -0.4 is 4.85 Å². The first kappa shape index (κ1) is 3.98. The number of aromatic nitrogens is 2. The minimum Gasteiger partial charge on any atom is -0.594 e. The SMILES string of the molecule is [O-][n+]1cccn1O. The quantitative estimate of drug-likeness (QED) is 0.268. The fraction of sp³-hybridized carbons (Fsp3) is 0. The van der Waals surface area contributed by atoms with Crippen molar-refractivity contribution >= 4 is 0 Å². The normalized spacial score (nSPS) is 9.14. The van der Waals surface area contributed by atoms with Gasteiger partial charge in [0.05, 0.1) is 0 Å². The highest BCUT2D eigenvalue weighted by Gasteiger charge is 1.89. The van der Waals surface area contributed by atoms with Crippen LogP contribution >= 0.6 is 0 Å². The van der Waals surface area contributed by atoms with Gasteiger partial charge in [-0.3, -0.25) is 0 Å². The molecule has 0 radical (unpaired) electrons. The van der Waals surface area contributed by atoms with Crippen LogP contribution in [0.5, 0.6) is 0 Å². The van der Waals surface area contributed by atoms with Crippen LogP contribution in [0.3, 0.4) is 0 Å². The van der Waals surface area contributed by atoms with Gasteiger partial charge in [0, 0.05) is 10.9 Å². The smallest absolute Gasteiger partial charge is 0.212 e. The topological polar surface area (TPSA) is 52.1 Å². The van der Waals surface area contributed by atoms with Crippen LogP contribution in [0.15, 0.2) is 18.5 Å². The van der Waals surface area contributed by atoms with Crippen LogP contribution in [0, 0.1) is 5.21 Å². The van der Waals surface area contributed by atoms with E-state index in [1.807, 2.05) is 0 Å². The van der Waals surface area contributed by atoms with Crippen molar-refractivity contribution in [3.63, 3.8) is 0 Å². The van der Waals surface area contributed by atoms with E-state index in [-0.39, 0.29) is 0 Å². The molecule has 0 aliphatic carbocycles. The molecule has 1 N–H and O–H groups in total. The first-order chi connectivity index (χ1) is 3.30. The maximum Gasteiger partial charge on any atom is 0.212 e. The van der Waals surface area contributed by atoms with E-state index in [1.54, 1.807) is 0 Å². The molecule has 0 saturated heterocycles. The summed E-state index contributed by atoms with van der Waals surface area (Å²) in [4.78, 5) is 0.750. The zero-order valence-corrected chi connectivity index (χ0v) is 3.48. The van der Waals surface area contributed by atoms with Crippen molar-refractivity contribution in [2.75, 3.05) is 0 Å². The maximum absolute atomic E-state index is 10.0. The van der Waals surface area contributed by atoms with Gasteiger partial charge in [0.1, 0.15) is 6.20 Å². The van der Waals surface area contributed by atoms with Gasteiger partial charge < -0.3 is 10.4 Å². The van der Waals surface area contributed by atoms with E-state index in [1.165, 1.54) is 18.5 Å². The highest BCUT2D eigenvalue weighted by Crippen LogP contribution is 1.70. The van der Waals surface area contributed by atoms with Crippen molar-refractivity contribution in [1.82, 2.24) is 4.85 Å². The third kappa shape index (κ3) is 0.489. The van der Waals surface area contributed by atoms with E-state index in [0.717, 1.165) is 0 Å². The summed E-state index contributed by atoms with van der Waals surface area (Å²) in [5, 5.41) is 18.4. The Kier molecular flexibility index (Phi) is 0.651. The van der Waals surface area contributed by atoms with Crippen LogP contribution in [0.4, 0.5) is 0 Å². The molecular weight excluding hydrogens is 96.0 g/mol. The van der Waals surface area contributed by atoms with Gasteiger partial charge in [0.25, 0.3) is 0 Å². The average molecular weight is 100 g/mol. The predicted octanol–water partition coefficient (Wildman–Crippen LogP) is -0.641. The monoisotopic (exact) mass is 100 g/mol. The van der Waals surface area contributed by atoms with Crippen molar-refractivity contribution < 1.29 is 10.1 Å². The zero-order chi connectivity index (χ0) is 5.28. The first-order valence-electron chi connectivity index (χ1n) is 1.77. The second-order valence-corrected chi connectivity index (χ2v) is 1.11. The van der Waals surface area contributed by atoms with E-state index < -0.39 is 0 Å². The summed E-state index contributed by atoms with van der Waals surface area (Å²) in [7, 11) is 0. The van der Waals surface area contributed by atoms with Crippen molar-refractivity contribution in [2.45, 2.75) is 0 Å². The summed E-state index contributed by atoms with van der Waals surface area (Å²) in [5.41, 5.74) is 0. The average Bonchev–Trinajstić information content (AvgIpc) is 1.91. The second kappa shape index (κ2) is 1.14. The minimum atomic E-state index is 0.306. The molecule has 4 nitrogen and oxygen atoms in total. The highest BCUT2D eigenvalue weighted by molar-refractivity contribution is 4.68. The second-order valence-electron chi connectivity index (χ2n) is 1.11. The van der Waals surface area contributed by atoms with Gasteiger partial charge in [-0.2, -0.15) is 0 Å². The number of hydrogen-bond acceptors (Lipinski definition) is 2. The molecule has 38 valence electrons. The largest absolute Gasteiger partial charge is 0.594 e. The third-order valence-corrected chi connectivity index (χ3v) is 0.635. The fourth-order valence-electron chi connectivity index (χ4n) is 0.323. The molecule has 1 aromatic rings. The summed E-state index contributed by atoms with van der Waals surface area (Å²) in [6.07, 6.45) is 2.44. The molecule has 0 amide bonds. The minimum absolute atomic E-state index is 0.306. The molecule has 0 spiro atoms. The highest BCUT2D eigenvalue weighted by atomic mass is 16.6. The summed E-state index contributed by atoms with van der Waals surface area (Å²) >= 11 is 0. The third-order valence-electron chi connectivity index (χ3n) is 0.635. The van der Waals surface area contributed by atoms with Gasteiger partial charge in [-0.1, -0.05) is 0 Å². The molecule has 1 aromatic heterocycles. The zero-order valence-electron chi connectivity index (χ0n) is 3.48. The summed E-state index contributed by atoms with van der Waals surface area (Å²) in [6, 6.07) is 1.44. The molecule has 0 aliphatic heterocycles. The Hall–Kier alpha value is -1.19. The molecule has 1 rings (SSSR count). The molecule has 0 atom stereocenters. The Morgan fingerprint density at radius 3 is 2.57 bits per heavy atom. The molecular formula is C3H4N2O2. The van der Waals surface area contributed by atoms with Crippen molar-refractivity contribution in [1.29, 1.82) is 0 Å². The summed E-state index contributed by atoms with van der Waals surface area (Å²) < 4.78 is 0. The predicted molar refractivity (Wildman–Crippen MR) is 20.6 cm³/mol. The van der Waals surface area contributed by atoms with Gasteiger partial charge in [0.15, 0.2) is 0 Å². The van der Waals surface area contributed by atoms with E-state index in [2.05, 4.69) is 0 Å². The van der Waals surface area contributed by atoms with Gasteiger partial charge in [-0.15, -0.1) is 0 Å². The van der Waals surface area contributed by atoms with E-state index in [0.29, 0.717) is 9.69 Å². The molecule has 1 heterocycles. The Morgan fingerprint density at radius 2 is 2.43 bits per heavy atom. The summed E-state index contributed by atoms with van der Waals surface area (Å²) in [6.45, 7) is 0. The molecule has 4 heteroatoms. The van der Waals surface area contributed by atoms with Gasteiger partial charge >= 0.3 is 0 Å². The lowest BCUT2D eigenvalue weighted by Crippen LogP contribution is -2.34. The van der Waals surface area contributed by atoms with Crippen LogP contribution in [0.2, 0.25) is 0 Å². The van der Waals surface area contributed by atoms with Crippen molar-refractivity contribution in [2.24, 2.45) is 0 Å². The standard InChI is InChI=1S/C3H4N2O2/c6-4-2-1-3-5(4)7/h1-3,6H.